The van der Waals surface area contributed by atoms with Crippen LogP contribution in [-0.2, 0) is 19.2 Å². The third kappa shape index (κ3) is 7.98. The van der Waals surface area contributed by atoms with Crippen LogP contribution in [0.15, 0.2) is 4.99 Å². The third-order valence-electron chi connectivity index (χ3n) is 5.65. The Hall–Kier alpha value is -2.89. The fraction of sp³-hybridized carbons (Fsp3) is 0.750. The number of likely N-dealkylation sites (tertiary alicyclic amines) is 1. The highest BCUT2D eigenvalue weighted by molar-refractivity contribution is 5.94. The molecule has 1 heterocycles. The summed E-state index contributed by atoms with van der Waals surface area (Å²) in [5.41, 5.74) is 16.6. The van der Waals surface area contributed by atoms with Crippen molar-refractivity contribution in [3.05, 3.63) is 0 Å². The molecule has 5 atom stereocenters. The minimum Gasteiger partial charge on any atom is -0.480 e. The van der Waals surface area contributed by atoms with Crippen LogP contribution in [0.3, 0.4) is 0 Å². The zero-order chi connectivity index (χ0) is 24.4. The Kier molecular flexibility index (Phi) is 10.9. The summed E-state index contributed by atoms with van der Waals surface area (Å²) in [4.78, 5) is 54.8. The van der Waals surface area contributed by atoms with Crippen molar-refractivity contribution < 1.29 is 24.3 Å². The van der Waals surface area contributed by atoms with Gasteiger partial charge in [0.05, 0.1) is 6.04 Å². The lowest BCUT2D eigenvalue weighted by Crippen LogP contribution is -2.58. The average Bonchev–Trinajstić information content (AvgIpc) is 3.23. The molecule has 0 bridgehead atoms. The number of nitrogens with zero attached hydrogens (tertiary/aromatic N) is 2. The summed E-state index contributed by atoms with van der Waals surface area (Å²) in [7, 11) is 0. The van der Waals surface area contributed by atoms with Gasteiger partial charge in [0.15, 0.2) is 5.96 Å². The molecular formula is C20H37N7O5. The van der Waals surface area contributed by atoms with Gasteiger partial charge >= 0.3 is 5.97 Å². The Morgan fingerprint density at radius 3 is 2.41 bits per heavy atom. The van der Waals surface area contributed by atoms with E-state index < -0.39 is 42.0 Å². The number of nitrogens with two attached hydrogens (primary N) is 3. The van der Waals surface area contributed by atoms with Crippen molar-refractivity contribution in [1.29, 1.82) is 0 Å². The zero-order valence-electron chi connectivity index (χ0n) is 19.0. The Labute approximate surface area is 188 Å². The summed E-state index contributed by atoms with van der Waals surface area (Å²) in [5.74, 6) is -2.80. The van der Waals surface area contributed by atoms with Gasteiger partial charge in [-0.2, -0.15) is 0 Å². The molecule has 1 fully saturated rings. The molecule has 32 heavy (non-hydrogen) atoms. The van der Waals surface area contributed by atoms with Gasteiger partial charge in [-0.05, 0) is 38.5 Å². The number of aliphatic carboxylic acids is 1. The van der Waals surface area contributed by atoms with E-state index >= 15 is 0 Å². The molecule has 0 aromatic heterocycles. The zero-order valence-corrected chi connectivity index (χ0v) is 19.0. The first-order chi connectivity index (χ1) is 15.0. The van der Waals surface area contributed by atoms with Gasteiger partial charge in [0.1, 0.15) is 18.1 Å². The van der Waals surface area contributed by atoms with Crippen LogP contribution < -0.4 is 27.8 Å². The Bertz CT molecular complexity index is 710. The molecule has 12 heteroatoms. The lowest BCUT2D eigenvalue weighted by Gasteiger charge is -2.30. The van der Waals surface area contributed by atoms with E-state index in [4.69, 9.17) is 22.3 Å². The molecule has 5 unspecified atom stereocenters. The molecule has 1 rings (SSSR count). The van der Waals surface area contributed by atoms with Crippen molar-refractivity contribution in [1.82, 2.24) is 15.5 Å². The average molecular weight is 456 g/mol. The normalized spacial score (nSPS) is 19.4. The number of carbonyl (C=O) groups excluding carboxylic acids is 3. The van der Waals surface area contributed by atoms with Crippen molar-refractivity contribution in [3.63, 3.8) is 0 Å². The smallest absolute Gasteiger partial charge is 0.325 e. The number of carbonyl (C=O) groups is 4. The molecule has 0 aliphatic carbocycles. The number of hydrogen-bond donors (Lipinski definition) is 6. The number of guanidine groups is 1. The maximum atomic E-state index is 13.0. The molecule has 1 aliphatic heterocycles. The van der Waals surface area contributed by atoms with E-state index in [-0.39, 0.29) is 17.8 Å². The molecule has 0 saturated carbocycles. The van der Waals surface area contributed by atoms with Crippen molar-refractivity contribution in [2.75, 3.05) is 13.1 Å². The summed E-state index contributed by atoms with van der Waals surface area (Å²) in [6, 6.07) is -3.53. The summed E-state index contributed by atoms with van der Waals surface area (Å²) >= 11 is 0. The van der Waals surface area contributed by atoms with Gasteiger partial charge in [-0.25, -0.2) is 0 Å². The molecule has 0 aromatic rings. The van der Waals surface area contributed by atoms with Gasteiger partial charge in [-0.3, -0.25) is 24.2 Å². The molecule has 0 spiro atoms. The van der Waals surface area contributed by atoms with Gasteiger partial charge in [0.2, 0.25) is 17.7 Å². The second-order valence-corrected chi connectivity index (χ2v) is 8.19. The quantitative estimate of drug-likeness (QED) is 0.115. The molecule has 9 N–H and O–H groups in total. The van der Waals surface area contributed by atoms with Crippen molar-refractivity contribution in [3.8, 4) is 0 Å². The fourth-order valence-corrected chi connectivity index (χ4v) is 3.48. The molecule has 1 aliphatic rings. The molecule has 1 saturated heterocycles. The van der Waals surface area contributed by atoms with Crippen LogP contribution in [0.2, 0.25) is 0 Å². The molecular weight excluding hydrogens is 418 g/mol. The van der Waals surface area contributed by atoms with E-state index in [1.165, 1.54) is 11.8 Å². The van der Waals surface area contributed by atoms with E-state index in [1.807, 2.05) is 6.92 Å². The summed E-state index contributed by atoms with van der Waals surface area (Å²) in [6.07, 6.45) is 2.58. The number of aliphatic imine (C=N–C) groups is 1. The van der Waals surface area contributed by atoms with Crippen LogP contribution in [0.4, 0.5) is 0 Å². The highest BCUT2D eigenvalue weighted by atomic mass is 16.4. The fourth-order valence-electron chi connectivity index (χ4n) is 3.48. The topological polar surface area (TPSA) is 206 Å². The predicted octanol–water partition coefficient (Wildman–Crippen LogP) is -1.52. The molecule has 0 aromatic carbocycles. The summed E-state index contributed by atoms with van der Waals surface area (Å²) in [5, 5.41) is 14.2. The lowest BCUT2D eigenvalue weighted by atomic mass is 9.97. The number of carboxylic acids is 1. The number of nitrogens with one attached hydrogen (secondary N) is 2. The van der Waals surface area contributed by atoms with E-state index in [2.05, 4.69) is 15.6 Å². The van der Waals surface area contributed by atoms with E-state index in [1.54, 1.807) is 6.92 Å². The predicted molar refractivity (Wildman–Crippen MR) is 119 cm³/mol. The second kappa shape index (κ2) is 12.8. The minimum atomic E-state index is -1.17. The second-order valence-electron chi connectivity index (χ2n) is 8.19. The molecule has 3 amide bonds. The maximum absolute atomic E-state index is 13.0. The third-order valence-corrected chi connectivity index (χ3v) is 5.65. The largest absolute Gasteiger partial charge is 0.480 e. The first-order valence-electron chi connectivity index (χ1n) is 10.9. The highest BCUT2D eigenvalue weighted by Crippen LogP contribution is 2.20. The van der Waals surface area contributed by atoms with Crippen molar-refractivity contribution in [2.45, 2.75) is 77.0 Å². The number of carboxylic acid groups (broad SMARTS) is 1. The summed E-state index contributed by atoms with van der Waals surface area (Å²) in [6.45, 7) is 5.76. The Morgan fingerprint density at radius 1 is 1.19 bits per heavy atom. The molecule has 12 nitrogen and oxygen atoms in total. The van der Waals surface area contributed by atoms with Crippen LogP contribution in [0.1, 0.15) is 52.9 Å². The maximum Gasteiger partial charge on any atom is 0.325 e. The Morgan fingerprint density at radius 2 is 1.84 bits per heavy atom. The monoisotopic (exact) mass is 455 g/mol. The molecule has 182 valence electrons. The van der Waals surface area contributed by atoms with E-state index in [0.29, 0.717) is 45.2 Å². The number of rotatable bonds is 12. The first kappa shape index (κ1) is 27.1. The summed E-state index contributed by atoms with van der Waals surface area (Å²) < 4.78 is 0. The first-order valence-corrected chi connectivity index (χ1v) is 10.9. The van der Waals surface area contributed by atoms with Crippen LogP contribution in [-0.4, -0.2) is 76.9 Å². The van der Waals surface area contributed by atoms with Gasteiger partial charge in [0, 0.05) is 13.1 Å². The van der Waals surface area contributed by atoms with E-state index in [9.17, 15) is 19.2 Å². The van der Waals surface area contributed by atoms with Crippen LogP contribution in [0.25, 0.3) is 0 Å². The van der Waals surface area contributed by atoms with Gasteiger partial charge in [-0.15, -0.1) is 0 Å². The van der Waals surface area contributed by atoms with Crippen molar-refractivity contribution >= 4 is 29.7 Å². The standard InChI is InChI=1S/C20H37N7O5/c1-4-11(2)15(17(29)25-12(3)19(31)32)26-16(28)14-8-6-10-27(14)18(30)13(21)7-5-9-24-20(22)23/h11-15H,4-10,21H2,1-3H3,(H,25,29)(H,26,28)(H,31,32)(H4,22,23,24). The number of amides is 3. The number of hydrogen-bond acceptors (Lipinski definition) is 6. The van der Waals surface area contributed by atoms with Gasteiger partial charge in [0.25, 0.3) is 0 Å². The molecule has 0 radical (unpaired) electrons. The Balaban J connectivity index is 2.80. The van der Waals surface area contributed by atoms with Gasteiger partial charge < -0.3 is 37.8 Å². The lowest BCUT2D eigenvalue weighted by molar-refractivity contribution is -0.143. The van der Waals surface area contributed by atoms with Crippen LogP contribution in [0.5, 0.6) is 0 Å². The van der Waals surface area contributed by atoms with Crippen molar-refractivity contribution in [2.24, 2.45) is 28.1 Å². The minimum absolute atomic E-state index is 0.0289. The highest BCUT2D eigenvalue weighted by Gasteiger charge is 2.38. The van der Waals surface area contributed by atoms with E-state index in [0.717, 1.165) is 0 Å². The van der Waals surface area contributed by atoms with Crippen LogP contribution in [0, 0.1) is 5.92 Å². The van der Waals surface area contributed by atoms with Gasteiger partial charge in [-0.1, -0.05) is 20.3 Å². The van der Waals surface area contributed by atoms with Crippen LogP contribution >= 0.6 is 0 Å². The SMILES string of the molecule is CCC(C)C(NC(=O)C1CCCN1C(=O)C(N)CCCN=C(N)N)C(=O)NC(C)C(=O)O.